The largest absolute Gasteiger partial charge is 0.497 e. The molecule has 7 nitrogen and oxygen atoms in total. The Kier molecular flexibility index (Phi) is 6.42. The number of benzene rings is 2. The number of carbonyl (C=O) groups is 1. The molecule has 2 fully saturated rings. The Labute approximate surface area is 210 Å². The molecule has 2 aliphatic rings. The molecule has 1 aliphatic carbocycles. The average Bonchev–Trinajstić information content (AvgIpc) is 3.51. The summed E-state index contributed by atoms with van der Waals surface area (Å²) in [5, 5.41) is 12.2. The molecule has 184 valence electrons. The van der Waals surface area contributed by atoms with Crippen LogP contribution in [-0.4, -0.2) is 44.3 Å². The molecule has 35 heavy (non-hydrogen) atoms. The van der Waals surface area contributed by atoms with Crippen LogP contribution in [0.25, 0.3) is 0 Å². The number of amides is 2. The first-order valence-corrected chi connectivity index (χ1v) is 13.0. The van der Waals surface area contributed by atoms with Crippen molar-refractivity contribution in [2.75, 3.05) is 43.5 Å². The number of hydrogen-bond donors (Lipinski definition) is 3. The van der Waals surface area contributed by atoms with E-state index in [-0.39, 0.29) is 17.0 Å². The van der Waals surface area contributed by atoms with Crippen molar-refractivity contribution in [1.29, 1.82) is 0 Å². The van der Waals surface area contributed by atoms with Gasteiger partial charge in [-0.25, -0.2) is 9.78 Å². The van der Waals surface area contributed by atoms with Crippen molar-refractivity contribution < 1.29 is 9.53 Å². The minimum atomic E-state index is -0.289. The Hall–Kier alpha value is -3.10. The number of nitrogens with zero attached hydrogens (tertiary/aromatic N) is 2. The molecule has 8 heteroatoms. The van der Waals surface area contributed by atoms with Crippen molar-refractivity contribution in [1.82, 2.24) is 15.6 Å². The van der Waals surface area contributed by atoms with Crippen LogP contribution >= 0.6 is 11.3 Å². The summed E-state index contributed by atoms with van der Waals surface area (Å²) >= 11 is 1.45. The number of methoxy groups -OCH3 is 1. The average molecular weight is 492 g/mol. The topological polar surface area (TPSA) is 78.5 Å². The SMILES string of the molecule is COc1ccc(C(C)(C)c2csc(NC(=O)NC3(c4ccc(N5CCNCC5)cc4)CC3)n2)cc1. The summed E-state index contributed by atoms with van der Waals surface area (Å²) in [6, 6.07) is 16.5. The van der Waals surface area contributed by atoms with E-state index in [0.717, 1.165) is 61.6 Å². The molecule has 5 rings (SSSR count). The molecule has 0 unspecified atom stereocenters. The monoisotopic (exact) mass is 491 g/mol. The fraction of sp³-hybridized carbons (Fsp3) is 0.407. The highest BCUT2D eigenvalue weighted by Crippen LogP contribution is 2.46. The highest BCUT2D eigenvalue weighted by Gasteiger charge is 2.45. The van der Waals surface area contributed by atoms with Crippen molar-refractivity contribution >= 4 is 28.2 Å². The van der Waals surface area contributed by atoms with Crippen LogP contribution in [0.2, 0.25) is 0 Å². The molecule has 3 aromatic rings. The molecule has 0 spiro atoms. The van der Waals surface area contributed by atoms with Crippen molar-refractivity contribution in [3.05, 3.63) is 70.7 Å². The summed E-state index contributed by atoms with van der Waals surface area (Å²) in [7, 11) is 1.66. The third-order valence-corrected chi connectivity index (χ3v) is 7.94. The maximum Gasteiger partial charge on any atom is 0.321 e. The molecule has 1 saturated carbocycles. The van der Waals surface area contributed by atoms with Crippen LogP contribution in [0.15, 0.2) is 53.9 Å². The van der Waals surface area contributed by atoms with Gasteiger partial charge < -0.3 is 20.3 Å². The molecule has 0 atom stereocenters. The van der Waals surface area contributed by atoms with Crippen LogP contribution in [0, 0.1) is 0 Å². The predicted octanol–water partition coefficient (Wildman–Crippen LogP) is 4.70. The molecular weight excluding hydrogens is 458 g/mol. The van der Waals surface area contributed by atoms with E-state index in [1.165, 1.54) is 17.0 Å². The number of carbonyl (C=O) groups excluding carboxylic acids is 1. The number of nitrogens with one attached hydrogen (secondary N) is 3. The molecule has 1 aliphatic heterocycles. The number of aromatic nitrogens is 1. The van der Waals surface area contributed by atoms with Gasteiger partial charge in [0.1, 0.15) is 5.75 Å². The smallest absolute Gasteiger partial charge is 0.321 e. The fourth-order valence-electron chi connectivity index (χ4n) is 4.64. The van der Waals surface area contributed by atoms with E-state index >= 15 is 0 Å². The maximum absolute atomic E-state index is 12.9. The van der Waals surface area contributed by atoms with Crippen LogP contribution in [0.5, 0.6) is 5.75 Å². The lowest BCUT2D eigenvalue weighted by Gasteiger charge is -2.30. The van der Waals surface area contributed by atoms with Gasteiger partial charge >= 0.3 is 6.03 Å². The molecule has 1 aromatic heterocycles. The van der Waals surface area contributed by atoms with E-state index in [0.29, 0.717) is 5.13 Å². The third-order valence-electron chi connectivity index (χ3n) is 7.18. The standard InChI is InChI=1S/C27H33N5O2S/c1-26(2,19-6-10-22(34-3)11-7-19)23-18-35-25(29-23)30-24(33)31-27(12-13-27)20-4-8-21(9-5-20)32-16-14-28-15-17-32/h4-11,18,28H,12-17H2,1-3H3,(H2,29,30,31,33). The lowest BCUT2D eigenvalue weighted by atomic mass is 9.82. The molecule has 2 aromatic carbocycles. The van der Waals surface area contributed by atoms with Crippen LogP contribution in [-0.2, 0) is 11.0 Å². The number of rotatable bonds is 7. The van der Waals surface area contributed by atoms with Gasteiger partial charge in [0, 0.05) is 42.7 Å². The van der Waals surface area contributed by atoms with Crippen molar-refractivity contribution in [3.63, 3.8) is 0 Å². The van der Waals surface area contributed by atoms with E-state index in [1.807, 2.05) is 17.5 Å². The molecule has 3 N–H and O–H groups in total. The van der Waals surface area contributed by atoms with Crippen LogP contribution in [0.3, 0.4) is 0 Å². The highest BCUT2D eigenvalue weighted by molar-refractivity contribution is 7.13. The molecular formula is C27H33N5O2S. The van der Waals surface area contributed by atoms with Crippen molar-refractivity contribution in [2.24, 2.45) is 0 Å². The molecule has 0 bridgehead atoms. The summed E-state index contributed by atoms with van der Waals surface area (Å²) in [6.07, 6.45) is 1.89. The number of urea groups is 1. The van der Waals surface area contributed by atoms with Crippen LogP contribution < -0.4 is 25.6 Å². The van der Waals surface area contributed by atoms with E-state index in [4.69, 9.17) is 9.72 Å². The Morgan fingerprint density at radius 2 is 1.77 bits per heavy atom. The van der Waals surface area contributed by atoms with Gasteiger partial charge in [-0.15, -0.1) is 11.3 Å². The van der Waals surface area contributed by atoms with Crippen LogP contribution in [0.4, 0.5) is 15.6 Å². The number of thiazole rings is 1. The first kappa shape index (κ1) is 23.6. The van der Waals surface area contributed by atoms with Gasteiger partial charge in [-0.1, -0.05) is 38.1 Å². The van der Waals surface area contributed by atoms with Gasteiger partial charge in [-0.2, -0.15) is 0 Å². The third kappa shape index (κ3) is 4.99. The van der Waals surface area contributed by atoms with Gasteiger partial charge in [-0.3, -0.25) is 5.32 Å². The quantitative estimate of drug-likeness (QED) is 0.447. The second-order valence-electron chi connectivity index (χ2n) is 9.84. The van der Waals surface area contributed by atoms with Crippen molar-refractivity contribution in [2.45, 2.75) is 37.6 Å². The number of anilines is 2. The highest BCUT2D eigenvalue weighted by atomic mass is 32.1. The molecule has 0 radical (unpaired) electrons. The Morgan fingerprint density at radius 3 is 2.40 bits per heavy atom. The maximum atomic E-state index is 12.9. The van der Waals surface area contributed by atoms with E-state index in [2.05, 4.69) is 71.1 Å². The Bertz CT molecular complexity index is 1160. The lowest BCUT2D eigenvalue weighted by Crippen LogP contribution is -2.43. The zero-order valence-electron chi connectivity index (χ0n) is 20.6. The normalized spacial score (nSPS) is 17.1. The minimum absolute atomic E-state index is 0.211. The van der Waals surface area contributed by atoms with Gasteiger partial charge in [-0.05, 0) is 48.2 Å². The summed E-state index contributed by atoms with van der Waals surface area (Å²) in [5.74, 6) is 0.828. The summed E-state index contributed by atoms with van der Waals surface area (Å²) in [4.78, 5) is 20.0. The fourth-order valence-corrected chi connectivity index (χ4v) is 5.52. The summed E-state index contributed by atoms with van der Waals surface area (Å²) in [5.41, 5.74) is 3.89. The number of hydrogen-bond acceptors (Lipinski definition) is 6. The second kappa shape index (κ2) is 9.51. The second-order valence-corrected chi connectivity index (χ2v) is 10.7. The Balaban J connectivity index is 1.22. The van der Waals surface area contributed by atoms with Gasteiger partial charge in [0.25, 0.3) is 0 Å². The zero-order valence-corrected chi connectivity index (χ0v) is 21.4. The number of piperazine rings is 1. The lowest BCUT2D eigenvalue weighted by molar-refractivity contribution is 0.247. The van der Waals surface area contributed by atoms with E-state index < -0.39 is 0 Å². The van der Waals surface area contributed by atoms with Gasteiger partial charge in [0.2, 0.25) is 0 Å². The molecule has 2 amide bonds. The van der Waals surface area contributed by atoms with Crippen LogP contribution in [0.1, 0.15) is 43.5 Å². The zero-order chi connectivity index (χ0) is 24.5. The summed E-state index contributed by atoms with van der Waals surface area (Å²) < 4.78 is 5.27. The first-order valence-electron chi connectivity index (χ1n) is 12.2. The number of ether oxygens (including phenoxy) is 1. The Morgan fingerprint density at radius 1 is 1.09 bits per heavy atom. The van der Waals surface area contributed by atoms with Crippen molar-refractivity contribution in [3.8, 4) is 5.75 Å². The van der Waals surface area contributed by atoms with E-state index in [9.17, 15) is 4.79 Å². The van der Waals surface area contributed by atoms with E-state index in [1.54, 1.807) is 7.11 Å². The summed E-state index contributed by atoms with van der Waals surface area (Å²) in [6.45, 7) is 8.35. The molecule has 2 heterocycles. The molecule has 1 saturated heterocycles. The minimum Gasteiger partial charge on any atom is -0.497 e. The van der Waals surface area contributed by atoms with Gasteiger partial charge in [0.15, 0.2) is 5.13 Å². The van der Waals surface area contributed by atoms with Gasteiger partial charge in [0.05, 0.1) is 18.3 Å². The predicted molar refractivity (Wildman–Crippen MR) is 142 cm³/mol. The first-order chi connectivity index (χ1) is 16.9.